The minimum Gasteiger partial charge on any atom is -0.466 e. The Morgan fingerprint density at radius 1 is 1.43 bits per heavy atom. The lowest BCUT2D eigenvalue weighted by atomic mass is 10.1. The molecular formula is C11H13BrO2. The van der Waals surface area contributed by atoms with Crippen molar-refractivity contribution < 1.29 is 9.53 Å². The van der Waals surface area contributed by atoms with Crippen molar-refractivity contribution >= 4 is 21.9 Å². The average Bonchev–Trinajstić information content (AvgIpc) is 2.19. The van der Waals surface area contributed by atoms with E-state index in [1.165, 1.54) is 0 Å². The number of hydrogen-bond donors (Lipinski definition) is 0. The number of alkyl halides is 1. The third-order valence-electron chi connectivity index (χ3n) is 1.81. The molecule has 0 unspecified atom stereocenters. The van der Waals surface area contributed by atoms with Crippen molar-refractivity contribution in [2.75, 3.05) is 6.61 Å². The van der Waals surface area contributed by atoms with Crippen LogP contribution in [0.5, 0.6) is 0 Å². The molecule has 0 N–H and O–H groups in total. The van der Waals surface area contributed by atoms with E-state index in [0.29, 0.717) is 13.0 Å². The highest BCUT2D eigenvalue weighted by molar-refractivity contribution is 9.09. The third-order valence-corrected chi connectivity index (χ3v) is 2.66. The number of halogens is 1. The smallest absolute Gasteiger partial charge is 0.307 e. The van der Waals surface area contributed by atoms with Crippen LogP contribution in [-0.2, 0) is 9.53 Å². The van der Waals surface area contributed by atoms with E-state index in [2.05, 4.69) is 15.9 Å². The second kappa shape index (κ2) is 5.81. The first-order chi connectivity index (χ1) is 6.74. The van der Waals surface area contributed by atoms with Gasteiger partial charge in [0.2, 0.25) is 0 Å². The predicted octanol–water partition coefficient (Wildman–Crippen LogP) is 3.08. The van der Waals surface area contributed by atoms with Gasteiger partial charge in [-0.2, -0.15) is 0 Å². The van der Waals surface area contributed by atoms with Crippen LogP contribution < -0.4 is 0 Å². The molecule has 1 atom stereocenters. The van der Waals surface area contributed by atoms with Crippen molar-refractivity contribution in [1.82, 2.24) is 0 Å². The molecule has 0 heterocycles. The van der Waals surface area contributed by atoms with Crippen LogP contribution in [0.25, 0.3) is 0 Å². The maximum Gasteiger partial charge on any atom is 0.307 e. The lowest BCUT2D eigenvalue weighted by molar-refractivity contribution is -0.143. The Kier molecular flexibility index (Phi) is 4.66. The molecule has 1 aromatic carbocycles. The van der Waals surface area contributed by atoms with Crippen LogP contribution >= 0.6 is 15.9 Å². The van der Waals surface area contributed by atoms with Gasteiger partial charge < -0.3 is 4.74 Å². The van der Waals surface area contributed by atoms with Gasteiger partial charge >= 0.3 is 5.97 Å². The highest BCUT2D eigenvalue weighted by atomic mass is 79.9. The van der Waals surface area contributed by atoms with Crippen molar-refractivity contribution in [2.45, 2.75) is 18.2 Å². The van der Waals surface area contributed by atoms with Crippen molar-refractivity contribution in [3.63, 3.8) is 0 Å². The third kappa shape index (κ3) is 3.50. The average molecular weight is 257 g/mol. The van der Waals surface area contributed by atoms with E-state index in [4.69, 9.17) is 4.74 Å². The van der Waals surface area contributed by atoms with Crippen molar-refractivity contribution in [2.24, 2.45) is 0 Å². The van der Waals surface area contributed by atoms with Gasteiger partial charge in [0.05, 0.1) is 13.0 Å². The van der Waals surface area contributed by atoms with Crippen molar-refractivity contribution in [3.8, 4) is 0 Å². The van der Waals surface area contributed by atoms with Crippen LogP contribution in [0.1, 0.15) is 23.7 Å². The Bertz CT molecular complexity index is 285. The molecule has 0 spiro atoms. The van der Waals surface area contributed by atoms with E-state index in [0.717, 1.165) is 5.56 Å². The fourth-order valence-electron chi connectivity index (χ4n) is 1.15. The van der Waals surface area contributed by atoms with Gasteiger partial charge in [0.25, 0.3) is 0 Å². The zero-order chi connectivity index (χ0) is 10.4. The number of benzene rings is 1. The monoisotopic (exact) mass is 256 g/mol. The first kappa shape index (κ1) is 11.2. The highest BCUT2D eigenvalue weighted by Crippen LogP contribution is 2.26. The van der Waals surface area contributed by atoms with Crippen LogP contribution in [-0.4, -0.2) is 12.6 Å². The fourth-order valence-corrected chi connectivity index (χ4v) is 1.72. The number of carbonyl (C=O) groups excluding carboxylic acids is 1. The number of ether oxygens (including phenoxy) is 1. The minimum atomic E-state index is -0.168. The predicted molar refractivity (Wildman–Crippen MR) is 59.4 cm³/mol. The summed E-state index contributed by atoms with van der Waals surface area (Å²) in [5, 5.41) is 0. The van der Waals surface area contributed by atoms with Crippen LogP contribution in [0.3, 0.4) is 0 Å². The van der Waals surface area contributed by atoms with Crippen LogP contribution in [0.15, 0.2) is 30.3 Å². The number of carbonyl (C=O) groups is 1. The summed E-state index contributed by atoms with van der Waals surface area (Å²) < 4.78 is 4.87. The maximum atomic E-state index is 11.2. The summed E-state index contributed by atoms with van der Waals surface area (Å²) in [6.45, 7) is 2.25. The summed E-state index contributed by atoms with van der Waals surface area (Å²) in [5.74, 6) is -0.168. The second-order valence-corrected chi connectivity index (χ2v) is 3.99. The van der Waals surface area contributed by atoms with E-state index in [-0.39, 0.29) is 10.8 Å². The van der Waals surface area contributed by atoms with Gasteiger partial charge in [0.15, 0.2) is 0 Å². The summed E-state index contributed by atoms with van der Waals surface area (Å²) in [6.07, 6.45) is 0.373. The Labute approximate surface area is 92.4 Å². The number of rotatable bonds is 4. The number of hydrogen-bond acceptors (Lipinski definition) is 2. The van der Waals surface area contributed by atoms with E-state index in [1.54, 1.807) is 0 Å². The van der Waals surface area contributed by atoms with Crippen molar-refractivity contribution in [3.05, 3.63) is 35.9 Å². The molecule has 1 aromatic rings. The Morgan fingerprint density at radius 2 is 2.07 bits per heavy atom. The molecule has 3 heteroatoms. The molecule has 2 nitrogen and oxygen atoms in total. The van der Waals surface area contributed by atoms with Gasteiger partial charge in [-0.15, -0.1) is 0 Å². The first-order valence-corrected chi connectivity index (χ1v) is 5.50. The summed E-state index contributed by atoms with van der Waals surface area (Å²) in [4.78, 5) is 11.2. The molecule has 1 rings (SSSR count). The molecule has 0 aromatic heterocycles. The quantitative estimate of drug-likeness (QED) is 0.612. The maximum absolute atomic E-state index is 11.2. The largest absolute Gasteiger partial charge is 0.466 e. The van der Waals surface area contributed by atoms with Gasteiger partial charge in [0, 0.05) is 4.83 Å². The summed E-state index contributed by atoms with van der Waals surface area (Å²) in [5.41, 5.74) is 1.10. The fraction of sp³-hybridized carbons (Fsp3) is 0.364. The van der Waals surface area contributed by atoms with Gasteiger partial charge in [-0.25, -0.2) is 0 Å². The molecule has 0 bridgehead atoms. The SMILES string of the molecule is CCOC(=O)C[C@@H](Br)c1ccccc1. The molecule has 0 saturated heterocycles. The zero-order valence-electron chi connectivity index (χ0n) is 8.07. The van der Waals surface area contributed by atoms with Gasteiger partial charge in [-0.1, -0.05) is 46.3 Å². The van der Waals surface area contributed by atoms with E-state index < -0.39 is 0 Å². The molecule has 0 fully saturated rings. The molecule has 0 radical (unpaired) electrons. The summed E-state index contributed by atoms with van der Waals surface area (Å²) in [7, 11) is 0. The Balaban J connectivity index is 2.50. The molecule has 0 aliphatic heterocycles. The van der Waals surface area contributed by atoms with E-state index >= 15 is 0 Å². The van der Waals surface area contributed by atoms with E-state index in [9.17, 15) is 4.79 Å². The molecule has 14 heavy (non-hydrogen) atoms. The molecule has 0 aliphatic rings. The zero-order valence-corrected chi connectivity index (χ0v) is 9.66. The molecular weight excluding hydrogens is 244 g/mol. The Morgan fingerprint density at radius 3 is 2.64 bits per heavy atom. The molecule has 0 aliphatic carbocycles. The Hall–Kier alpha value is -0.830. The molecule has 0 amide bonds. The van der Waals surface area contributed by atoms with Crippen LogP contribution in [0, 0.1) is 0 Å². The normalized spacial score (nSPS) is 12.1. The van der Waals surface area contributed by atoms with Crippen LogP contribution in [0.2, 0.25) is 0 Å². The van der Waals surface area contributed by atoms with Crippen LogP contribution in [0.4, 0.5) is 0 Å². The topological polar surface area (TPSA) is 26.3 Å². The molecule has 76 valence electrons. The van der Waals surface area contributed by atoms with Crippen molar-refractivity contribution in [1.29, 1.82) is 0 Å². The lowest BCUT2D eigenvalue weighted by Crippen LogP contribution is -2.06. The standard InChI is InChI=1S/C11H13BrO2/c1-2-14-11(13)8-10(12)9-6-4-3-5-7-9/h3-7,10H,2,8H2,1H3/t10-/m1/s1. The molecule has 0 saturated carbocycles. The summed E-state index contributed by atoms with van der Waals surface area (Å²) in [6, 6.07) is 9.83. The summed E-state index contributed by atoms with van der Waals surface area (Å²) >= 11 is 3.46. The lowest BCUT2D eigenvalue weighted by Gasteiger charge is -2.08. The van der Waals surface area contributed by atoms with E-state index in [1.807, 2.05) is 37.3 Å². The second-order valence-electron chi connectivity index (χ2n) is 2.89. The van der Waals surface area contributed by atoms with Gasteiger partial charge in [-0.05, 0) is 12.5 Å². The van der Waals surface area contributed by atoms with Gasteiger partial charge in [-0.3, -0.25) is 4.79 Å². The minimum absolute atomic E-state index is 0.0442. The number of esters is 1. The first-order valence-electron chi connectivity index (χ1n) is 4.58. The van der Waals surface area contributed by atoms with Gasteiger partial charge in [0.1, 0.15) is 0 Å². The highest BCUT2D eigenvalue weighted by Gasteiger charge is 2.12.